The highest BCUT2D eigenvalue weighted by molar-refractivity contribution is 5.95. The molecule has 0 radical (unpaired) electrons. The molecule has 0 aliphatic carbocycles. The lowest BCUT2D eigenvalue weighted by Crippen LogP contribution is -2.25. The van der Waals surface area contributed by atoms with Gasteiger partial charge in [-0.1, -0.05) is 19.1 Å². The molecule has 1 unspecified atom stereocenters. The van der Waals surface area contributed by atoms with Gasteiger partial charge in [-0.05, 0) is 31.0 Å². The number of amides is 2. The van der Waals surface area contributed by atoms with Crippen molar-refractivity contribution in [3.8, 4) is 0 Å². The molecule has 0 heterocycles. The first kappa shape index (κ1) is 13.2. The number of aryl methyl sites for hydroxylation is 2. The van der Waals surface area contributed by atoms with Gasteiger partial charge in [-0.25, -0.2) is 0 Å². The summed E-state index contributed by atoms with van der Waals surface area (Å²) in [7, 11) is 0. The summed E-state index contributed by atoms with van der Waals surface area (Å²) in [4.78, 5) is 22.5. The van der Waals surface area contributed by atoms with Crippen molar-refractivity contribution in [3.63, 3.8) is 0 Å². The fourth-order valence-corrected chi connectivity index (χ4v) is 1.52. The minimum atomic E-state index is -0.464. The van der Waals surface area contributed by atoms with E-state index in [1.807, 2.05) is 32.0 Å². The molecule has 0 aliphatic rings. The lowest BCUT2D eigenvalue weighted by molar-refractivity contribution is -0.125. The van der Waals surface area contributed by atoms with Gasteiger partial charge in [0, 0.05) is 18.0 Å². The zero-order valence-corrected chi connectivity index (χ0v) is 10.4. The molecular weight excluding hydrogens is 216 g/mol. The largest absolute Gasteiger partial charge is 0.370 e. The molecule has 17 heavy (non-hydrogen) atoms. The maximum atomic E-state index is 11.8. The topological polar surface area (TPSA) is 72.2 Å². The Labute approximate surface area is 101 Å². The van der Waals surface area contributed by atoms with Crippen LogP contribution in [-0.2, 0) is 9.59 Å². The van der Waals surface area contributed by atoms with Crippen LogP contribution in [0.5, 0.6) is 0 Å². The first-order chi connectivity index (χ1) is 7.90. The molecule has 0 fully saturated rings. The standard InChI is InChI=1S/C13H18N2O2/c1-8-4-5-9(2)11(6-8)15-13(17)10(3)7-12(14)16/h4-6,10H,7H2,1-3H3,(H2,14,16)(H,15,17). The summed E-state index contributed by atoms with van der Waals surface area (Å²) in [5.41, 5.74) is 7.92. The van der Waals surface area contributed by atoms with E-state index in [9.17, 15) is 9.59 Å². The summed E-state index contributed by atoms with van der Waals surface area (Å²) in [6, 6.07) is 5.84. The molecule has 1 aromatic carbocycles. The van der Waals surface area contributed by atoms with Gasteiger partial charge in [0.2, 0.25) is 11.8 Å². The Hall–Kier alpha value is -1.84. The van der Waals surface area contributed by atoms with Crippen LogP contribution in [0.15, 0.2) is 18.2 Å². The zero-order valence-electron chi connectivity index (χ0n) is 10.4. The molecule has 0 saturated carbocycles. The van der Waals surface area contributed by atoms with Gasteiger partial charge in [-0.2, -0.15) is 0 Å². The average Bonchev–Trinajstić information content (AvgIpc) is 2.22. The highest BCUT2D eigenvalue weighted by Gasteiger charge is 2.16. The van der Waals surface area contributed by atoms with Crippen molar-refractivity contribution in [2.75, 3.05) is 5.32 Å². The Bertz CT molecular complexity index is 441. The van der Waals surface area contributed by atoms with Crippen molar-refractivity contribution in [3.05, 3.63) is 29.3 Å². The third-order valence-electron chi connectivity index (χ3n) is 2.61. The fraction of sp³-hybridized carbons (Fsp3) is 0.385. The molecule has 3 N–H and O–H groups in total. The monoisotopic (exact) mass is 234 g/mol. The maximum absolute atomic E-state index is 11.8. The van der Waals surface area contributed by atoms with E-state index in [1.54, 1.807) is 6.92 Å². The SMILES string of the molecule is Cc1ccc(C)c(NC(=O)C(C)CC(N)=O)c1. The van der Waals surface area contributed by atoms with E-state index in [4.69, 9.17) is 5.73 Å². The Morgan fingerprint density at radius 2 is 2.00 bits per heavy atom. The van der Waals surface area contributed by atoms with Gasteiger partial charge in [0.1, 0.15) is 0 Å². The van der Waals surface area contributed by atoms with E-state index < -0.39 is 11.8 Å². The van der Waals surface area contributed by atoms with Crippen LogP contribution < -0.4 is 11.1 Å². The van der Waals surface area contributed by atoms with Crippen molar-refractivity contribution in [2.24, 2.45) is 11.7 Å². The van der Waals surface area contributed by atoms with E-state index in [-0.39, 0.29) is 12.3 Å². The van der Waals surface area contributed by atoms with Crippen LogP contribution in [0.25, 0.3) is 0 Å². The van der Waals surface area contributed by atoms with E-state index in [1.165, 1.54) is 0 Å². The van der Waals surface area contributed by atoms with Crippen LogP contribution in [0, 0.1) is 19.8 Å². The van der Waals surface area contributed by atoms with Gasteiger partial charge in [-0.3, -0.25) is 9.59 Å². The lowest BCUT2D eigenvalue weighted by Gasteiger charge is -2.13. The Morgan fingerprint density at radius 1 is 1.35 bits per heavy atom. The Balaban J connectivity index is 2.73. The molecule has 0 saturated heterocycles. The number of carbonyl (C=O) groups is 2. The average molecular weight is 234 g/mol. The lowest BCUT2D eigenvalue weighted by atomic mass is 10.1. The fourth-order valence-electron chi connectivity index (χ4n) is 1.52. The molecule has 0 spiro atoms. The smallest absolute Gasteiger partial charge is 0.227 e. The van der Waals surface area contributed by atoms with E-state index >= 15 is 0 Å². The summed E-state index contributed by atoms with van der Waals surface area (Å²) >= 11 is 0. The van der Waals surface area contributed by atoms with Crippen molar-refractivity contribution in [1.29, 1.82) is 0 Å². The van der Waals surface area contributed by atoms with Gasteiger partial charge in [0.25, 0.3) is 0 Å². The molecule has 92 valence electrons. The van der Waals surface area contributed by atoms with Gasteiger partial charge in [0.05, 0.1) is 0 Å². The predicted octanol–water partition coefficient (Wildman–Crippen LogP) is 1.75. The van der Waals surface area contributed by atoms with Crippen LogP contribution >= 0.6 is 0 Å². The van der Waals surface area contributed by atoms with E-state index in [0.29, 0.717) is 0 Å². The number of primary amides is 1. The molecule has 1 atom stereocenters. The highest BCUT2D eigenvalue weighted by Crippen LogP contribution is 2.17. The zero-order chi connectivity index (χ0) is 13.0. The van der Waals surface area contributed by atoms with E-state index in [0.717, 1.165) is 16.8 Å². The summed E-state index contributed by atoms with van der Waals surface area (Å²) in [6.07, 6.45) is 0.0662. The van der Waals surface area contributed by atoms with Crippen molar-refractivity contribution in [2.45, 2.75) is 27.2 Å². The first-order valence-corrected chi connectivity index (χ1v) is 5.56. The van der Waals surface area contributed by atoms with Crippen molar-refractivity contribution < 1.29 is 9.59 Å². The quantitative estimate of drug-likeness (QED) is 0.833. The van der Waals surface area contributed by atoms with Gasteiger partial charge in [0.15, 0.2) is 0 Å². The number of nitrogens with two attached hydrogens (primary N) is 1. The van der Waals surface area contributed by atoms with Crippen molar-refractivity contribution in [1.82, 2.24) is 0 Å². The van der Waals surface area contributed by atoms with E-state index in [2.05, 4.69) is 5.32 Å². The van der Waals surface area contributed by atoms with Crippen LogP contribution in [-0.4, -0.2) is 11.8 Å². The number of nitrogens with one attached hydrogen (secondary N) is 1. The first-order valence-electron chi connectivity index (χ1n) is 5.56. The van der Waals surface area contributed by atoms with Gasteiger partial charge < -0.3 is 11.1 Å². The summed E-state index contributed by atoms with van der Waals surface area (Å²) < 4.78 is 0. The Morgan fingerprint density at radius 3 is 2.59 bits per heavy atom. The van der Waals surface area contributed by atoms with Gasteiger partial charge in [-0.15, -0.1) is 0 Å². The molecule has 0 bridgehead atoms. The second-order valence-corrected chi connectivity index (χ2v) is 4.38. The summed E-state index contributed by atoms with van der Waals surface area (Å²) in [5, 5.41) is 2.81. The number of benzene rings is 1. The number of hydrogen-bond acceptors (Lipinski definition) is 2. The highest BCUT2D eigenvalue weighted by atomic mass is 16.2. The predicted molar refractivity (Wildman–Crippen MR) is 67.5 cm³/mol. The normalized spacial score (nSPS) is 11.9. The molecule has 2 amide bonds. The molecule has 1 aromatic rings. The molecule has 0 aliphatic heterocycles. The Kier molecular flexibility index (Phi) is 4.26. The number of rotatable bonds is 4. The third kappa shape index (κ3) is 3.90. The van der Waals surface area contributed by atoms with Crippen LogP contribution in [0.2, 0.25) is 0 Å². The molecule has 1 rings (SSSR count). The summed E-state index contributed by atoms with van der Waals surface area (Å²) in [5.74, 6) is -1.06. The number of hydrogen-bond donors (Lipinski definition) is 2. The molecule has 0 aromatic heterocycles. The van der Waals surface area contributed by atoms with Gasteiger partial charge >= 0.3 is 0 Å². The summed E-state index contributed by atoms with van der Waals surface area (Å²) in [6.45, 7) is 5.57. The van der Waals surface area contributed by atoms with Crippen LogP contribution in [0.1, 0.15) is 24.5 Å². The van der Waals surface area contributed by atoms with Crippen LogP contribution in [0.4, 0.5) is 5.69 Å². The molecule has 4 nitrogen and oxygen atoms in total. The second-order valence-electron chi connectivity index (χ2n) is 4.38. The van der Waals surface area contributed by atoms with Crippen molar-refractivity contribution >= 4 is 17.5 Å². The second kappa shape index (κ2) is 5.48. The number of anilines is 1. The minimum Gasteiger partial charge on any atom is -0.370 e. The van der Waals surface area contributed by atoms with Crippen LogP contribution in [0.3, 0.4) is 0 Å². The molecule has 4 heteroatoms. The number of carbonyl (C=O) groups excluding carboxylic acids is 2. The third-order valence-corrected chi connectivity index (χ3v) is 2.61. The molecular formula is C13H18N2O2. The maximum Gasteiger partial charge on any atom is 0.227 e. The minimum absolute atomic E-state index is 0.0662.